The second-order valence-electron chi connectivity index (χ2n) is 4.27. The van der Waals surface area contributed by atoms with Crippen molar-refractivity contribution in [3.05, 3.63) is 77.4 Å². The van der Waals surface area contributed by atoms with Crippen molar-refractivity contribution in [1.29, 1.82) is 5.26 Å². The SMILES string of the molecule is Cc1ccc(C(=O)/C=C(/C#N)c2ccccc2)cc1. The Kier molecular flexibility index (Phi) is 3.90. The lowest BCUT2D eigenvalue weighted by Gasteiger charge is -2.00. The van der Waals surface area contributed by atoms with Crippen LogP contribution in [0.3, 0.4) is 0 Å². The number of aryl methyl sites for hydroxylation is 1. The van der Waals surface area contributed by atoms with Crippen molar-refractivity contribution in [3.63, 3.8) is 0 Å². The van der Waals surface area contributed by atoms with Gasteiger partial charge in [-0.2, -0.15) is 5.26 Å². The number of hydrogen-bond donors (Lipinski definition) is 0. The molecule has 92 valence electrons. The minimum atomic E-state index is -0.152. The van der Waals surface area contributed by atoms with Crippen LogP contribution in [-0.4, -0.2) is 5.78 Å². The standard InChI is InChI=1S/C17H13NO/c1-13-7-9-15(10-8-13)17(19)11-16(12-18)14-5-3-2-4-6-14/h2-11H,1H3/b16-11-. The third-order valence-corrected chi connectivity index (χ3v) is 2.82. The number of rotatable bonds is 3. The molecule has 0 unspecified atom stereocenters. The monoisotopic (exact) mass is 247 g/mol. The zero-order chi connectivity index (χ0) is 13.7. The van der Waals surface area contributed by atoms with Crippen LogP contribution in [0.5, 0.6) is 0 Å². The third-order valence-electron chi connectivity index (χ3n) is 2.82. The van der Waals surface area contributed by atoms with Gasteiger partial charge >= 0.3 is 0 Å². The van der Waals surface area contributed by atoms with Crippen molar-refractivity contribution in [2.45, 2.75) is 6.92 Å². The summed E-state index contributed by atoms with van der Waals surface area (Å²) >= 11 is 0. The highest BCUT2D eigenvalue weighted by Crippen LogP contribution is 2.14. The van der Waals surface area contributed by atoms with E-state index in [0.29, 0.717) is 11.1 Å². The molecule has 0 heterocycles. The van der Waals surface area contributed by atoms with Crippen molar-refractivity contribution in [1.82, 2.24) is 0 Å². The summed E-state index contributed by atoms with van der Waals surface area (Å²) in [7, 11) is 0. The van der Waals surface area contributed by atoms with Crippen molar-refractivity contribution in [3.8, 4) is 6.07 Å². The minimum Gasteiger partial charge on any atom is -0.289 e. The zero-order valence-corrected chi connectivity index (χ0v) is 10.6. The summed E-state index contributed by atoms with van der Waals surface area (Å²) in [5, 5.41) is 9.15. The Bertz CT molecular complexity index is 646. The van der Waals surface area contributed by atoms with Gasteiger partial charge in [-0.3, -0.25) is 4.79 Å². The summed E-state index contributed by atoms with van der Waals surface area (Å²) in [4.78, 5) is 12.1. The maximum atomic E-state index is 12.1. The molecule has 2 aromatic carbocycles. The van der Waals surface area contributed by atoms with E-state index in [1.165, 1.54) is 6.08 Å². The van der Waals surface area contributed by atoms with Gasteiger partial charge in [0, 0.05) is 11.6 Å². The summed E-state index contributed by atoms with van der Waals surface area (Å²) in [6.07, 6.45) is 1.39. The van der Waals surface area contributed by atoms with Crippen molar-refractivity contribution < 1.29 is 4.79 Å². The van der Waals surface area contributed by atoms with Crippen LogP contribution in [0.15, 0.2) is 60.7 Å². The molecule has 19 heavy (non-hydrogen) atoms. The Morgan fingerprint density at radius 2 is 1.63 bits per heavy atom. The van der Waals surface area contributed by atoms with Crippen LogP contribution in [0, 0.1) is 18.3 Å². The van der Waals surface area contributed by atoms with Gasteiger partial charge in [0.05, 0.1) is 11.6 Å². The smallest absolute Gasteiger partial charge is 0.187 e. The van der Waals surface area contributed by atoms with Gasteiger partial charge in [0.2, 0.25) is 0 Å². The molecule has 2 rings (SSSR count). The van der Waals surface area contributed by atoms with Crippen LogP contribution in [-0.2, 0) is 0 Å². The molecular weight excluding hydrogens is 234 g/mol. The second kappa shape index (κ2) is 5.79. The summed E-state index contributed by atoms with van der Waals surface area (Å²) in [6.45, 7) is 1.97. The van der Waals surface area contributed by atoms with E-state index in [4.69, 9.17) is 5.26 Å². The fourth-order valence-corrected chi connectivity index (χ4v) is 1.73. The van der Waals surface area contributed by atoms with Gasteiger partial charge in [0.1, 0.15) is 0 Å². The normalized spacial score (nSPS) is 10.8. The molecule has 0 N–H and O–H groups in total. The molecule has 0 fully saturated rings. The van der Waals surface area contributed by atoms with Crippen LogP contribution >= 0.6 is 0 Å². The average Bonchev–Trinajstić information content (AvgIpc) is 2.46. The van der Waals surface area contributed by atoms with Gasteiger partial charge in [-0.15, -0.1) is 0 Å². The van der Waals surface area contributed by atoms with E-state index < -0.39 is 0 Å². The van der Waals surface area contributed by atoms with Gasteiger partial charge in [-0.1, -0.05) is 60.2 Å². The van der Waals surface area contributed by atoms with E-state index in [2.05, 4.69) is 6.07 Å². The van der Waals surface area contributed by atoms with Gasteiger partial charge in [-0.25, -0.2) is 0 Å². The van der Waals surface area contributed by atoms with E-state index in [0.717, 1.165) is 11.1 Å². The number of carbonyl (C=O) groups is 1. The molecule has 0 radical (unpaired) electrons. The van der Waals surface area contributed by atoms with E-state index in [9.17, 15) is 4.79 Å². The number of hydrogen-bond acceptors (Lipinski definition) is 2. The number of benzene rings is 2. The number of nitrogens with zero attached hydrogens (tertiary/aromatic N) is 1. The molecule has 0 aliphatic rings. The lowest BCUT2D eigenvalue weighted by atomic mass is 10.0. The molecule has 2 heteroatoms. The van der Waals surface area contributed by atoms with Gasteiger partial charge in [-0.05, 0) is 12.5 Å². The summed E-state index contributed by atoms with van der Waals surface area (Å²) in [5.74, 6) is -0.152. The van der Waals surface area contributed by atoms with Gasteiger partial charge in [0.25, 0.3) is 0 Å². The summed E-state index contributed by atoms with van der Waals surface area (Å²) in [5.41, 5.74) is 2.83. The summed E-state index contributed by atoms with van der Waals surface area (Å²) < 4.78 is 0. The first-order valence-electron chi connectivity index (χ1n) is 5.99. The Labute approximate surface area is 112 Å². The molecule has 0 spiro atoms. The lowest BCUT2D eigenvalue weighted by Crippen LogP contribution is -1.96. The molecule has 0 atom stereocenters. The van der Waals surface area contributed by atoms with Crippen molar-refractivity contribution in [2.24, 2.45) is 0 Å². The topological polar surface area (TPSA) is 40.9 Å². The molecule has 0 aliphatic heterocycles. The maximum Gasteiger partial charge on any atom is 0.187 e. The highest BCUT2D eigenvalue weighted by Gasteiger charge is 2.06. The lowest BCUT2D eigenvalue weighted by molar-refractivity contribution is 0.104. The summed E-state index contributed by atoms with van der Waals surface area (Å²) in [6, 6.07) is 18.6. The van der Waals surface area contributed by atoms with Crippen LogP contribution < -0.4 is 0 Å². The second-order valence-corrected chi connectivity index (χ2v) is 4.27. The van der Waals surface area contributed by atoms with Crippen LogP contribution in [0.25, 0.3) is 5.57 Å². The quantitative estimate of drug-likeness (QED) is 0.470. The van der Waals surface area contributed by atoms with E-state index in [1.807, 2.05) is 49.4 Å². The van der Waals surface area contributed by atoms with Crippen molar-refractivity contribution in [2.75, 3.05) is 0 Å². The molecule has 0 bridgehead atoms. The molecule has 0 aliphatic carbocycles. The Balaban J connectivity index is 2.31. The third kappa shape index (κ3) is 3.17. The van der Waals surface area contributed by atoms with Crippen LogP contribution in [0.1, 0.15) is 21.5 Å². The molecule has 0 amide bonds. The van der Waals surface area contributed by atoms with Crippen molar-refractivity contribution >= 4 is 11.4 Å². The zero-order valence-electron chi connectivity index (χ0n) is 10.6. The molecule has 0 aromatic heterocycles. The van der Waals surface area contributed by atoms with Crippen LogP contribution in [0.2, 0.25) is 0 Å². The van der Waals surface area contributed by atoms with Crippen LogP contribution in [0.4, 0.5) is 0 Å². The molecule has 0 saturated carbocycles. The number of nitriles is 1. The first-order chi connectivity index (χ1) is 9.20. The number of ketones is 1. The van der Waals surface area contributed by atoms with Gasteiger partial charge in [0.15, 0.2) is 5.78 Å². The first-order valence-corrected chi connectivity index (χ1v) is 5.99. The number of carbonyl (C=O) groups excluding carboxylic acids is 1. The maximum absolute atomic E-state index is 12.1. The Hall–Kier alpha value is -2.66. The predicted octanol–water partition coefficient (Wildman–Crippen LogP) is 3.78. The fourth-order valence-electron chi connectivity index (χ4n) is 1.73. The molecule has 2 aromatic rings. The van der Waals surface area contributed by atoms with Gasteiger partial charge < -0.3 is 0 Å². The molecule has 0 saturated heterocycles. The van der Waals surface area contributed by atoms with E-state index in [-0.39, 0.29) is 5.78 Å². The predicted molar refractivity (Wildman–Crippen MR) is 75.5 cm³/mol. The molecular formula is C17H13NO. The fraction of sp³-hybridized carbons (Fsp3) is 0.0588. The van der Waals surface area contributed by atoms with E-state index in [1.54, 1.807) is 12.1 Å². The Morgan fingerprint density at radius 1 is 1.00 bits per heavy atom. The first kappa shape index (κ1) is 12.8. The number of allylic oxidation sites excluding steroid dienone is 2. The highest BCUT2D eigenvalue weighted by atomic mass is 16.1. The Morgan fingerprint density at radius 3 is 2.21 bits per heavy atom. The largest absolute Gasteiger partial charge is 0.289 e. The van der Waals surface area contributed by atoms with E-state index >= 15 is 0 Å². The minimum absolute atomic E-state index is 0.152. The highest BCUT2D eigenvalue weighted by molar-refractivity contribution is 6.10. The average molecular weight is 247 g/mol. The molecule has 2 nitrogen and oxygen atoms in total.